The van der Waals surface area contributed by atoms with Crippen molar-refractivity contribution in [1.29, 1.82) is 0 Å². The van der Waals surface area contributed by atoms with Crippen molar-refractivity contribution in [2.45, 2.75) is 18.2 Å². The summed E-state index contributed by atoms with van der Waals surface area (Å²) in [7, 11) is 0. The van der Waals surface area contributed by atoms with E-state index in [0.717, 1.165) is 4.88 Å². The van der Waals surface area contributed by atoms with Crippen molar-refractivity contribution in [3.05, 3.63) is 64.1 Å². The third-order valence-corrected chi connectivity index (χ3v) is 5.76. The Morgan fingerprint density at radius 2 is 2.15 bits per heavy atom. The summed E-state index contributed by atoms with van der Waals surface area (Å²) in [4.78, 5) is 13.1. The highest BCUT2D eigenvalue weighted by Crippen LogP contribution is 2.26. The zero-order chi connectivity index (χ0) is 19.2. The van der Waals surface area contributed by atoms with Gasteiger partial charge in [0.25, 0.3) is 0 Å². The van der Waals surface area contributed by atoms with E-state index in [9.17, 15) is 9.18 Å². The van der Waals surface area contributed by atoms with E-state index in [1.54, 1.807) is 34.9 Å². The topological polar surface area (TPSA) is 59.8 Å². The van der Waals surface area contributed by atoms with Crippen LogP contribution in [-0.2, 0) is 17.9 Å². The van der Waals surface area contributed by atoms with Gasteiger partial charge in [-0.25, -0.2) is 4.39 Å². The number of thioether (sulfide) groups is 1. The van der Waals surface area contributed by atoms with Gasteiger partial charge in [0.05, 0.1) is 22.2 Å². The number of benzene rings is 1. The number of hydrogen-bond acceptors (Lipinski definition) is 5. The first kappa shape index (κ1) is 19.6. The van der Waals surface area contributed by atoms with Crippen molar-refractivity contribution in [1.82, 2.24) is 20.1 Å². The molecule has 0 aliphatic carbocycles. The van der Waals surface area contributed by atoms with Crippen molar-refractivity contribution < 1.29 is 9.18 Å². The highest BCUT2D eigenvalue weighted by atomic mass is 35.5. The monoisotopic (exact) mass is 422 g/mol. The zero-order valence-corrected chi connectivity index (χ0v) is 16.6. The highest BCUT2D eigenvalue weighted by molar-refractivity contribution is 7.99. The fourth-order valence-electron chi connectivity index (χ4n) is 2.34. The van der Waals surface area contributed by atoms with Crippen LogP contribution >= 0.6 is 34.7 Å². The fraction of sp³-hybridized carbons (Fsp3) is 0.167. The molecule has 2 heterocycles. The van der Waals surface area contributed by atoms with Gasteiger partial charge in [0, 0.05) is 11.4 Å². The van der Waals surface area contributed by atoms with Crippen molar-refractivity contribution in [3.63, 3.8) is 0 Å². The molecule has 0 spiro atoms. The van der Waals surface area contributed by atoms with Crippen LogP contribution in [0.15, 0.2) is 54.2 Å². The van der Waals surface area contributed by atoms with Gasteiger partial charge in [0.15, 0.2) is 11.0 Å². The molecule has 1 N–H and O–H groups in total. The Morgan fingerprint density at radius 1 is 1.33 bits per heavy atom. The maximum absolute atomic E-state index is 14.1. The SMILES string of the molecule is C=CCn1c(SCC(=O)NCc2ccc(Cl)s2)nnc1-c1ccccc1F. The first-order valence-electron chi connectivity index (χ1n) is 8.01. The molecule has 0 saturated carbocycles. The van der Waals surface area contributed by atoms with Crippen molar-refractivity contribution in [2.75, 3.05) is 5.75 Å². The van der Waals surface area contributed by atoms with Crippen molar-refractivity contribution in [3.8, 4) is 11.4 Å². The predicted molar refractivity (Wildman–Crippen MR) is 108 cm³/mol. The van der Waals surface area contributed by atoms with Crippen LogP contribution in [-0.4, -0.2) is 26.4 Å². The highest BCUT2D eigenvalue weighted by Gasteiger charge is 2.17. The Kier molecular flexibility index (Phi) is 6.65. The predicted octanol–water partition coefficient (Wildman–Crippen LogP) is 4.39. The summed E-state index contributed by atoms with van der Waals surface area (Å²) >= 11 is 8.54. The third kappa shape index (κ3) is 4.97. The molecule has 0 saturated heterocycles. The molecule has 1 aromatic carbocycles. The van der Waals surface area contributed by atoms with Crippen molar-refractivity contribution >= 4 is 40.6 Å². The molecule has 2 aromatic heterocycles. The first-order valence-corrected chi connectivity index (χ1v) is 10.2. The molecule has 140 valence electrons. The summed E-state index contributed by atoms with van der Waals surface area (Å²) in [5.41, 5.74) is 0.359. The van der Waals surface area contributed by atoms with Crippen LogP contribution in [0.5, 0.6) is 0 Å². The van der Waals surface area contributed by atoms with Gasteiger partial charge >= 0.3 is 0 Å². The van der Waals surface area contributed by atoms with Gasteiger partial charge in [-0.3, -0.25) is 9.36 Å². The number of nitrogens with one attached hydrogen (secondary N) is 1. The Hall–Kier alpha value is -2.16. The quantitative estimate of drug-likeness (QED) is 0.432. The molecule has 0 bridgehead atoms. The molecule has 1 amide bonds. The minimum Gasteiger partial charge on any atom is -0.350 e. The Labute approximate surface area is 169 Å². The van der Waals surface area contributed by atoms with Crippen LogP contribution in [0.25, 0.3) is 11.4 Å². The van der Waals surface area contributed by atoms with Crippen LogP contribution in [0.3, 0.4) is 0 Å². The molecule has 0 unspecified atom stereocenters. The second kappa shape index (κ2) is 9.16. The molecule has 3 aromatic rings. The second-order valence-electron chi connectivity index (χ2n) is 5.46. The first-order chi connectivity index (χ1) is 13.1. The number of aromatic nitrogens is 3. The molecular weight excluding hydrogens is 407 g/mol. The Balaban J connectivity index is 1.67. The molecule has 0 aliphatic rings. The van der Waals surface area contributed by atoms with Crippen LogP contribution in [0, 0.1) is 5.82 Å². The smallest absolute Gasteiger partial charge is 0.230 e. The molecular formula is C18H16ClFN4OS2. The molecule has 5 nitrogen and oxygen atoms in total. The normalized spacial score (nSPS) is 10.7. The molecule has 0 atom stereocenters. The number of carbonyl (C=O) groups excluding carboxylic acids is 1. The fourth-order valence-corrected chi connectivity index (χ4v) is 4.15. The Morgan fingerprint density at radius 3 is 2.85 bits per heavy atom. The standard InChI is InChI=1S/C18H16ClFN4OS2/c1-2-9-24-17(13-5-3-4-6-14(13)20)22-23-18(24)26-11-16(25)21-10-12-7-8-15(19)27-12/h2-8H,1,9-11H2,(H,21,25). The van der Waals surface area contributed by atoms with E-state index in [1.165, 1.54) is 29.2 Å². The summed E-state index contributed by atoms with van der Waals surface area (Å²) in [6.45, 7) is 4.56. The lowest BCUT2D eigenvalue weighted by Crippen LogP contribution is -2.24. The number of halogens is 2. The van der Waals surface area contributed by atoms with E-state index in [4.69, 9.17) is 11.6 Å². The largest absolute Gasteiger partial charge is 0.350 e. The average Bonchev–Trinajstić information content (AvgIpc) is 3.25. The van der Waals surface area contributed by atoms with E-state index in [2.05, 4.69) is 22.1 Å². The van der Waals surface area contributed by atoms with Gasteiger partial charge < -0.3 is 5.32 Å². The number of rotatable bonds is 8. The van der Waals surface area contributed by atoms with Gasteiger partial charge in [-0.1, -0.05) is 41.6 Å². The van der Waals surface area contributed by atoms with Crippen LogP contribution in [0.2, 0.25) is 4.34 Å². The lowest BCUT2D eigenvalue weighted by molar-refractivity contribution is -0.118. The zero-order valence-electron chi connectivity index (χ0n) is 14.2. The molecule has 3 rings (SSSR count). The number of carbonyl (C=O) groups is 1. The van der Waals surface area contributed by atoms with Crippen LogP contribution in [0.4, 0.5) is 4.39 Å². The second-order valence-corrected chi connectivity index (χ2v) is 8.20. The van der Waals surface area contributed by atoms with Crippen LogP contribution in [0.1, 0.15) is 4.88 Å². The summed E-state index contributed by atoms with van der Waals surface area (Å²) in [5.74, 6) is 0.0689. The molecule has 0 aliphatic heterocycles. The van der Waals surface area contributed by atoms with E-state index < -0.39 is 0 Å². The summed E-state index contributed by atoms with van der Waals surface area (Å²) in [6, 6.07) is 10.0. The van der Waals surface area contributed by atoms with Gasteiger partial charge in [-0.2, -0.15) is 0 Å². The number of thiophene rings is 1. The van der Waals surface area contributed by atoms with Crippen molar-refractivity contribution in [2.24, 2.45) is 0 Å². The Bertz CT molecular complexity index is 956. The molecule has 9 heteroatoms. The third-order valence-electron chi connectivity index (χ3n) is 3.56. The van der Waals surface area contributed by atoms with E-state index in [0.29, 0.717) is 34.0 Å². The van der Waals surface area contributed by atoms with E-state index >= 15 is 0 Å². The van der Waals surface area contributed by atoms with Gasteiger partial charge in [-0.15, -0.1) is 28.1 Å². The summed E-state index contributed by atoms with van der Waals surface area (Å²) in [5, 5.41) is 11.6. The summed E-state index contributed by atoms with van der Waals surface area (Å²) < 4.78 is 16.5. The number of amides is 1. The lowest BCUT2D eigenvalue weighted by Gasteiger charge is -2.08. The van der Waals surface area contributed by atoms with Crippen LogP contribution < -0.4 is 5.32 Å². The van der Waals surface area contributed by atoms with Gasteiger partial charge in [0.1, 0.15) is 5.82 Å². The maximum Gasteiger partial charge on any atom is 0.230 e. The minimum atomic E-state index is -0.376. The number of hydrogen-bond donors (Lipinski definition) is 1. The summed E-state index contributed by atoms with van der Waals surface area (Å²) in [6.07, 6.45) is 1.68. The maximum atomic E-state index is 14.1. The molecule has 0 fully saturated rings. The van der Waals surface area contributed by atoms with Gasteiger partial charge in [-0.05, 0) is 24.3 Å². The molecule has 27 heavy (non-hydrogen) atoms. The number of allylic oxidation sites excluding steroid dienone is 1. The van der Waals surface area contributed by atoms with Gasteiger partial charge in [0.2, 0.25) is 5.91 Å². The lowest BCUT2D eigenvalue weighted by atomic mass is 10.2. The molecule has 0 radical (unpaired) electrons. The van der Waals surface area contributed by atoms with E-state index in [1.807, 2.05) is 6.07 Å². The van der Waals surface area contributed by atoms with E-state index in [-0.39, 0.29) is 17.5 Å². The number of nitrogens with zero attached hydrogens (tertiary/aromatic N) is 3. The average molecular weight is 423 g/mol. The minimum absolute atomic E-state index is 0.134.